The minimum Gasteiger partial charge on any atom is -0.488 e. The molecular weight excluding hydrogens is 428 g/mol. The predicted molar refractivity (Wildman–Crippen MR) is 133 cm³/mol. The van der Waals surface area contributed by atoms with Gasteiger partial charge in [-0.3, -0.25) is 9.58 Å². The highest BCUT2D eigenvalue weighted by Crippen LogP contribution is 2.31. The van der Waals surface area contributed by atoms with E-state index < -0.39 is 0 Å². The Morgan fingerprint density at radius 1 is 1.12 bits per heavy atom. The number of rotatable bonds is 6. The van der Waals surface area contributed by atoms with Crippen molar-refractivity contribution in [1.29, 1.82) is 0 Å². The summed E-state index contributed by atoms with van der Waals surface area (Å²) in [6.45, 7) is 10.1. The van der Waals surface area contributed by atoms with Crippen LogP contribution in [-0.2, 0) is 12.5 Å². The number of hydrogen-bond donors (Lipinski definition) is 1. The van der Waals surface area contributed by atoms with Gasteiger partial charge in [-0.2, -0.15) is 10.2 Å². The van der Waals surface area contributed by atoms with Gasteiger partial charge in [-0.25, -0.2) is 14.5 Å². The van der Waals surface area contributed by atoms with Gasteiger partial charge in [0.15, 0.2) is 11.6 Å². The Hall–Kier alpha value is -3.46. The van der Waals surface area contributed by atoms with E-state index in [9.17, 15) is 0 Å². The number of anilines is 2. The van der Waals surface area contributed by atoms with Gasteiger partial charge in [0.25, 0.3) is 0 Å². The van der Waals surface area contributed by atoms with Crippen molar-refractivity contribution in [3.8, 4) is 17.0 Å². The summed E-state index contributed by atoms with van der Waals surface area (Å²) in [6, 6.07) is 8.56. The van der Waals surface area contributed by atoms with Crippen molar-refractivity contribution < 1.29 is 4.74 Å². The van der Waals surface area contributed by atoms with Gasteiger partial charge >= 0.3 is 0 Å². The van der Waals surface area contributed by atoms with E-state index in [1.165, 1.54) is 6.42 Å². The Morgan fingerprint density at radius 2 is 1.94 bits per heavy atom. The molecule has 9 heteroatoms. The first kappa shape index (κ1) is 22.3. The van der Waals surface area contributed by atoms with Crippen LogP contribution in [0.5, 0.6) is 5.75 Å². The second-order valence-electron chi connectivity index (χ2n) is 10.1. The number of pyridine rings is 1. The summed E-state index contributed by atoms with van der Waals surface area (Å²) >= 11 is 0. The lowest BCUT2D eigenvalue weighted by Gasteiger charge is -2.37. The predicted octanol–water partition coefficient (Wildman–Crippen LogP) is 3.96. The molecule has 5 heterocycles. The molecule has 1 saturated heterocycles. The van der Waals surface area contributed by atoms with Crippen molar-refractivity contribution in [2.24, 2.45) is 7.05 Å². The molecule has 4 aromatic rings. The number of aromatic nitrogens is 6. The van der Waals surface area contributed by atoms with Gasteiger partial charge in [0.2, 0.25) is 0 Å². The second kappa shape index (κ2) is 8.39. The molecular formula is C25H32N8O. The first-order valence-corrected chi connectivity index (χ1v) is 11.7. The molecule has 1 fully saturated rings. The highest BCUT2D eigenvalue weighted by molar-refractivity contribution is 5.72. The second-order valence-corrected chi connectivity index (χ2v) is 10.1. The van der Waals surface area contributed by atoms with Crippen LogP contribution in [0.25, 0.3) is 16.8 Å². The first-order chi connectivity index (χ1) is 16.2. The fraction of sp³-hybridized carbons (Fsp3) is 0.440. The minimum atomic E-state index is -0.132. The van der Waals surface area contributed by atoms with Crippen molar-refractivity contribution in [2.75, 3.05) is 25.5 Å². The topological polar surface area (TPSA) is 85.4 Å². The third kappa shape index (κ3) is 4.35. The van der Waals surface area contributed by atoms with Gasteiger partial charge in [-0.1, -0.05) is 20.8 Å². The van der Waals surface area contributed by atoms with Crippen LogP contribution < -0.4 is 10.1 Å². The molecule has 0 aliphatic carbocycles. The fourth-order valence-corrected chi connectivity index (χ4v) is 4.12. The van der Waals surface area contributed by atoms with Crippen LogP contribution in [0, 0.1) is 6.92 Å². The van der Waals surface area contributed by atoms with Crippen LogP contribution >= 0.6 is 0 Å². The summed E-state index contributed by atoms with van der Waals surface area (Å²) < 4.78 is 9.87. The molecule has 0 unspecified atom stereocenters. The van der Waals surface area contributed by atoms with E-state index in [1.54, 1.807) is 6.20 Å². The quantitative estimate of drug-likeness (QED) is 0.466. The molecule has 0 aromatic carbocycles. The monoisotopic (exact) mass is 460 g/mol. The van der Waals surface area contributed by atoms with Crippen LogP contribution in [-0.4, -0.2) is 60.5 Å². The molecule has 0 spiro atoms. The summed E-state index contributed by atoms with van der Waals surface area (Å²) in [6.07, 6.45) is 4.93. The van der Waals surface area contributed by atoms with Crippen LogP contribution in [0.1, 0.15) is 38.7 Å². The number of likely N-dealkylation sites (tertiary alicyclic amines) is 1. The average molecular weight is 461 g/mol. The maximum Gasteiger partial charge on any atom is 0.165 e. The lowest BCUT2D eigenvalue weighted by molar-refractivity contribution is 0.0771. The van der Waals surface area contributed by atoms with Crippen molar-refractivity contribution in [2.45, 2.75) is 45.6 Å². The van der Waals surface area contributed by atoms with E-state index in [1.807, 2.05) is 47.6 Å². The van der Waals surface area contributed by atoms with Gasteiger partial charge in [-0.15, -0.1) is 0 Å². The molecule has 0 bridgehead atoms. The van der Waals surface area contributed by atoms with Gasteiger partial charge < -0.3 is 10.1 Å². The van der Waals surface area contributed by atoms with Crippen molar-refractivity contribution >= 4 is 17.2 Å². The van der Waals surface area contributed by atoms with E-state index in [0.717, 1.165) is 52.2 Å². The summed E-state index contributed by atoms with van der Waals surface area (Å²) in [5.41, 5.74) is 3.75. The Morgan fingerprint density at radius 3 is 2.65 bits per heavy atom. The van der Waals surface area contributed by atoms with Gasteiger partial charge in [-0.05, 0) is 39.1 Å². The normalized spacial score (nSPS) is 16.6. The van der Waals surface area contributed by atoms with Crippen molar-refractivity contribution in [3.05, 3.63) is 48.2 Å². The van der Waals surface area contributed by atoms with E-state index in [2.05, 4.69) is 59.3 Å². The number of aryl methyl sites for hydroxylation is 2. The molecule has 5 rings (SSSR count). The third-order valence-electron chi connectivity index (χ3n) is 6.29. The lowest BCUT2D eigenvalue weighted by Crippen LogP contribution is -2.48. The number of nitrogens with one attached hydrogen (secondary N) is 1. The Kier molecular flexibility index (Phi) is 5.51. The molecule has 178 valence electrons. The zero-order valence-corrected chi connectivity index (χ0v) is 20.7. The van der Waals surface area contributed by atoms with Crippen LogP contribution in [0.15, 0.2) is 36.7 Å². The Labute approximate surface area is 199 Å². The SMILES string of the molecule is Cc1cc(Nc2cc3cc(-c4c(OC[C@H]5CCN5C)cnn4C)ccn3n2)nc(C(C)(C)C)n1. The largest absolute Gasteiger partial charge is 0.488 e. The highest BCUT2D eigenvalue weighted by atomic mass is 16.5. The third-order valence-corrected chi connectivity index (χ3v) is 6.29. The Bertz CT molecular complexity index is 1330. The standard InChI is InChI=1S/C25H32N8O/c1-16-11-21(29-24(27-16)25(2,3)4)28-22-13-19-12-17(7-10-33(19)30-22)23-20(14-26-32(23)6)34-15-18-8-9-31(18)5/h7,10-14,18H,8-9,15H2,1-6H3,(H,27,28,29,30)/t18-/m1/s1. The number of fused-ring (bicyclic) bond motifs is 1. The average Bonchev–Trinajstić information content (AvgIpc) is 3.33. The number of ether oxygens (including phenoxy) is 1. The molecule has 1 N–H and O–H groups in total. The number of nitrogens with zero attached hydrogens (tertiary/aromatic N) is 7. The smallest absolute Gasteiger partial charge is 0.165 e. The van der Waals surface area contributed by atoms with E-state index >= 15 is 0 Å². The highest BCUT2D eigenvalue weighted by Gasteiger charge is 2.25. The zero-order valence-electron chi connectivity index (χ0n) is 20.7. The van der Waals surface area contributed by atoms with Gasteiger partial charge in [0.1, 0.15) is 23.9 Å². The van der Waals surface area contributed by atoms with Crippen molar-refractivity contribution in [1.82, 2.24) is 34.3 Å². The molecule has 0 radical (unpaired) electrons. The lowest BCUT2D eigenvalue weighted by atomic mass is 9.95. The molecule has 9 nitrogen and oxygen atoms in total. The summed E-state index contributed by atoms with van der Waals surface area (Å²) in [5.74, 6) is 3.07. The zero-order chi connectivity index (χ0) is 24.0. The van der Waals surface area contributed by atoms with Crippen molar-refractivity contribution in [3.63, 3.8) is 0 Å². The van der Waals surface area contributed by atoms with Crippen LogP contribution in [0.2, 0.25) is 0 Å². The van der Waals surface area contributed by atoms with Gasteiger partial charge in [0.05, 0.1) is 11.7 Å². The Balaban J connectivity index is 1.40. The molecule has 0 amide bonds. The van der Waals surface area contributed by atoms with Crippen LogP contribution in [0.3, 0.4) is 0 Å². The van der Waals surface area contributed by atoms with E-state index in [0.29, 0.717) is 12.6 Å². The van der Waals surface area contributed by atoms with E-state index in [4.69, 9.17) is 9.72 Å². The van der Waals surface area contributed by atoms with E-state index in [-0.39, 0.29) is 5.41 Å². The van der Waals surface area contributed by atoms with Crippen LogP contribution in [0.4, 0.5) is 11.6 Å². The summed E-state index contributed by atoms with van der Waals surface area (Å²) in [7, 11) is 4.07. The molecule has 1 aliphatic rings. The van der Waals surface area contributed by atoms with Gasteiger partial charge in [0, 0.05) is 48.1 Å². The molecule has 0 saturated carbocycles. The summed E-state index contributed by atoms with van der Waals surface area (Å²) in [5, 5.41) is 12.5. The minimum absolute atomic E-state index is 0.132. The number of likely N-dealkylation sites (N-methyl/N-ethyl adjacent to an activating group) is 1. The maximum absolute atomic E-state index is 6.16. The first-order valence-electron chi connectivity index (χ1n) is 11.7. The molecule has 1 aliphatic heterocycles. The molecule has 34 heavy (non-hydrogen) atoms. The summed E-state index contributed by atoms with van der Waals surface area (Å²) in [4.78, 5) is 11.6. The molecule has 1 atom stereocenters. The fourth-order valence-electron chi connectivity index (χ4n) is 4.12. The number of hydrogen-bond acceptors (Lipinski definition) is 7. The molecule has 4 aromatic heterocycles. The maximum atomic E-state index is 6.16.